The minimum absolute atomic E-state index is 0.110. The van der Waals surface area contributed by atoms with Crippen LogP contribution in [0.4, 0.5) is 5.69 Å². The molecule has 1 aromatic carbocycles. The third-order valence-corrected chi connectivity index (χ3v) is 4.99. The number of nitrogens with one attached hydrogen (secondary N) is 1. The molecule has 0 fully saturated rings. The molecule has 0 aliphatic carbocycles. The number of aromatic nitrogens is 3. The molecule has 0 saturated heterocycles. The molecule has 0 aliphatic heterocycles. The Hall–Kier alpha value is -4.26. The Balaban J connectivity index is 1.80. The van der Waals surface area contributed by atoms with Gasteiger partial charge in [0.15, 0.2) is 5.65 Å². The first kappa shape index (κ1) is 22.4. The van der Waals surface area contributed by atoms with Gasteiger partial charge < -0.3 is 14.8 Å². The first-order valence-electron chi connectivity index (χ1n) is 9.64. The average molecular weight is 435 g/mol. The van der Waals surface area contributed by atoms with Gasteiger partial charge in [-0.25, -0.2) is 19.1 Å². The van der Waals surface area contributed by atoms with E-state index in [1.54, 1.807) is 4.52 Å². The number of nitriles is 1. The largest absolute Gasteiger partial charge is 0.465 e. The van der Waals surface area contributed by atoms with Gasteiger partial charge in [0, 0.05) is 23.5 Å². The van der Waals surface area contributed by atoms with Crippen LogP contribution in [0.25, 0.3) is 5.65 Å². The fraction of sp³-hybridized carbons (Fsp3) is 0.273. The van der Waals surface area contributed by atoms with Gasteiger partial charge in [0.1, 0.15) is 11.6 Å². The van der Waals surface area contributed by atoms with Crippen molar-refractivity contribution in [2.24, 2.45) is 0 Å². The van der Waals surface area contributed by atoms with Gasteiger partial charge in [-0.3, -0.25) is 4.79 Å². The second-order valence-corrected chi connectivity index (χ2v) is 7.00. The zero-order chi connectivity index (χ0) is 23.4. The highest BCUT2D eigenvalue weighted by Crippen LogP contribution is 2.20. The number of methoxy groups -OCH3 is 2. The van der Waals surface area contributed by atoms with Gasteiger partial charge in [-0.15, -0.1) is 0 Å². The summed E-state index contributed by atoms with van der Waals surface area (Å²) < 4.78 is 11.0. The Bertz CT molecular complexity index is 1240. The lowest BCUT2D eigenvalue weighted by Gasteiger charge is -2.12. The molecule has 0 bridgehead atoms. The van der Waals surface area contributed by atoms with E-state index >= 15 is 0 Å². The Kier molecular flexibility index (Phi) is 6.49. The van der Waals surface area contributed by atoms with Crippen LogP contribution in [0.1, 0.15) is 49.7 Å². The second-order valence-electron chi connectivity index (χ2n) is 7.00. The van der Waals surface area contributed by atoms with Crippen LogP contribution in [0.5, 0.6) is 0 Å². The van der Waals surface area contributed by atoms with E-state index in [1.165, 1.54) is 38.6 Å². The molecule has 2 heterocycles. The third-order valence-electron chi connectivity index (χ3n) is 4.99. The lowest BCUT2D eigenvalue weighted by Crippen LogP contribution is -2.16. The topological polar surface area (TPSA) is 136 Å². The van der Waals surface area contributed by atoms with Crippen molar-refractivity contribution in [1.29, 1.82) is 5.26 Å². The summed E-state index contributed by atoms with van der Waals surface area (Å²) in [5.74, 6) is -1.61. The van der Waals surface area contributed by atoms with Crippen LogP contribution in [0.15, 0.2) is 24.4 Å². The Morgan fingerprint density at radius 2 is 1.72 bits per heavy atom. The maximum Gasteiger partial charge on any atom is 0.337 e. The number of amides is 1. The fourth-order valence-corrected chi connectivity index (χ4v) is 3.38. The molecule has 2 aromatic heterocycles. The third kappa shape index (κ3) is 4.41. The number of esters is 2. The molecule has 10 nitrogen and oxygen atoms in total. The number of anilines is 1. The van der Waals surface area contributed by atoms with Crippen LogP contribution in [0, 0.1) is 25.2 Å². The summed E-state index contributed by atoms with van der Waals surface area (Å²) in [4.78, 5) is 40.9. The van der Waals surface area contributed by atoms with Gasteiger partial charge in [0.05, 0.1) is 31.5 Å². The van der Waals surface area contributed by atoms with Gasteiger partial charge >= 0.3 is 11.9 Å². The van der Waals surface area contributed by atoms with E-state index in [-0.39, 0.29) is 29.1 Å². The zero-order valence-corrected chi connectivity index (χ0v) is 18.1. The highest BCUT2D eigenvalue weighted by atomic mass is 16.5. The minimum Gasteiger partial charge on any atom is -0.465 e. The molecular formula is C22H21N5O5. The van der Waals surface area contributed by atoms with E-state index in [9.17, 15) is 19.6 Å². The van der Waals surface area contributed by atoms with Crippen molar-refractivity contribution in [1.82, 2.24) is 14.6 Å². The maximum atomic E-state index is 12.6. The molecule has 1 amide bonds. The van der Waals surface area contributed by atoms with Crippen LogP contribution >= 0.6 is 0 Å². The van der Waals surface area contributed by atoms with E-state index < -0.39 is 11.9 Å². The predicted molar refractivity (Wildman–Crippen MR) is 113 cm³/mol. The van der Waals surface area contributed by atoms with E-state index in [1.807, 2.05) is 13.8 Å². The van der Waals surface area contributed by atoms with Gasteiger partial charge in [-0.2, -0.15) is 10.4 Å². The SMILES string of the molecule is COC(=O)c1cc(NC(=O)CCc2c(C)nc3c(C#N)cnn3c2C)cc(C(=O)OC)c1. The van der Waals surface area contributed by atoms with E-state index in [4.69, 9.17) is 9.47 Å². The lowest BCUT2D eigenvalue weighted by molar-refractivity contribution is -0.116. The molecular weight excluding hydrogens is 414 g/mol. The van der Waals surface area contributed by atoms with Crippen LogP contribution in [0.2, 0.25) is 0 Å². The Morgan fingerprint density at radius 3 is 2.28 bits per heavy atom. The number of rotatable bonds is 6. The quantitative estimate of drug-likeness (QED) is 0.583. The molecule has 3 rings (SSSR count). The molecule has 32 heavy (non-hydrogen) atoms. The number of benzene rings is 1. The van der Waals surface area contributed by atoms with Crippen molar-refractivity contribution in [3.63, 3.8) is 0 Å². The molecule has 164 valence electrons. The lowest BCUT2D eigenvalue weighted by atomic mass is 10.1. The molecule has 10 heteroatoms. The summed E-state index contributed by atoms with van der Waals surface area (Å²) >= 11 is 0. The maximum absolute atomic E-state index is 12.6. The summed E-state index contributed by atoms with van der Waals surface area (Å²) in [7, 11) is 2.44. The van der Waals surface area contributed by atoms with Crippen LogP contribution < -0.4 is 5.32 Å². The van der Waals surface area contributed by atoms with Crippen molar-refractivity contribution in [3.8, 4) is 6.07 Å². The smallest absolute Gasteiger partial charge is 0.337 e. The summed E-state index contributed by atoms with van der Waals surface area (Å²) in [6, 6.07) is 6.24. The van der Waals surface area contributed by atoms with Crippen molar-refractivity contribution in [2.45, 2.75) is 26.7 Å². The number of hydrogen-bond donors (Lipinski definition) is 1. The first-order chi connectivity index (χ1) is 15.3. The van der Waals surface area contributed by atoms with E-state index in [2.05, 4.69) is 21.5 Å². The molecule has 0 unspecified atom stereocenters. The average Bonchev–Trinajstić information content (AvgIpc) is 3.20. The normalized spacial score (nSPS) is 10.5. The van der Waals surface area contributed by atoms with Crippen molar-refractivity contribution >= 4 is 29.2 Å². The summed E-state index contributed by atoms with van der Waals surface area (Å²) in [5.41, 5.74) is 3.70. The molecule has 0 saturated carbocycles. The van der Waals surface area contributed by atoms with E-state index in [0.29, 0.717) is 23.3 Å². The van der Waals surface area contributed by atoms with Gasteiger partial charge in [0.25, 0.3) is 0 Å². The highest BCUT2D eigenvalue weighted by Gasteiger charge is 2.17. The molecule has 0 spiro atoms. The predicted octanol–water partition coefficient (Wildman–Crippen LogP) is 2.36. The van der Waals surface area contributed by atoms with Crippen molar-refractivity contribution in [3.05, 3.63) is 58.0 Å². The van der Waals surface area contributed by atoms with Gasteiger partial charge in [-0.1, -0.05) is 0 Å². The number of fused-ring (bicyclic) bond motifs is 1. The molecule has 0 atom stereocenters. The second kappa shape index (κ2) is 9.26. The molecule has 0 radical (unpaired) electrons. The standard InChI is InChI=1S/C22H21N5O5/c1-12-18(13(2)27-20(25-12)16(10-23)11-24-27)5-6-19(28)26-17-8-14(21(29)31-3)7-15(9-17)22(30)32-4/h7-9,11H,5-6H2,1-4H3,(H,26,28). The number of aryl methyl sites for hydroxylation is 2. The van der Waals surface area contributed by atoms with Gasteiger partial charge in [0.2, 0.25) is 5.91 Å². The Morgan fingerprint density at radius 1 is 1.09 bits per heavy atom. The molecule has 1 N–H and O–H groups in total. The number of carbonyl (C=O) groups excluding carboxylic acids is 3. The van der Waals surface area contributed by atoms with Crippen molar-refractivity contribution < 1.29 is 23.9 Å². The monoisotopic (exact) mass is 435 g/mol. The van der Waals surface area contributed by atoms with Gasteiger partial charge in [-0.05, 0) is 44.0 Å². The molecule has 3 aromatic rings. The van der Waals surface area contributed by atoms with Crippen LogP contribution in [-0.2, 0) is 20.7 Å². The number of nitrogens with zero attached hydrogens (tertiary/aromatic N) is 4. The van der Waals surface area contributed by atoms with E-state index in [0.717, 1.165) is 11.3 Å². The highest BCUT2D eigenvalue weighted by molar-refractivity contribution is 5.99. The fourth-order valence-electron chi connectivity index (χ4n) is 3.38. The number of hydrogen-bond acceptors (Lipinski definition) is 8. The van der Waals surface area contributed by atoms with Crippen LogP contribution in [0.3, 0.4) is 0 Å². The summed E-state index contributed by atoms with van der Waals surface area (Å²) in [5, 5.41) is 16.1. The molecule has 0 aliphatic rings. The van der Waals surface area contributed by atoms with Crippen molar-refractivity contribution in [2.75, 3.05) is 19.5 Å². The summed E-state index contributed by atoms with van der Waals surface area (Å²) in [6.45, 7) is 3.67. The summed E-state index contributed by atoms with van der Waals surface area (Å²) in [6.07, 6.45) is 1.96. The zero-order valence-electron chi connectivity index (χ0n) is 18.1. The van der Waals surface area contributed by atoms with Crippen LogP contribution in [-0.4, -0.2) is 46.7 Å². The first-order valence-corrected chi connectivity index (χ1v) is 9.64. The minimum atomic E-state index is -0.646. The Labute approximate surface area is 183 Å². The number of carbonyl (C=O) groups is 3. The number of ether oxygens (including phenoxy) is 2.